The second-order valence-electron chi connectivity index (χ2n) is 7.22. The highest BCUT2D eigenvalue weighted by atomic mass is 32.2. The Balaban J connectivity index is 2.33. The first-order valence-corrected chi connectivity index (χ1v) is 10.2. The van der Waals surface area contributed by atoms with Crippen LogP contribution in [0.3, 0.4) is 0 Å². The largest absolute Gasteiger partial charge is 0.463 e. The maximum atomic E-state index is 13.1. The summed E-state index contributed by atoms with van der Waals surface area (Å²) in [7, 11) is -3.76. The van der Waals surface area contributed by atoms with Crippen LogP contribution in [-0.4, -0.2) is 31.8 Å². The van der Waals surface area contributed by atoms with Gasteiger partial charge in [0.25, 0.3) is 10.0 Å². The smallest absolute Gasteiger partial charge is 0.332 e. The molecule has 1 aromatic rings. The third kappa shape index (κ3) is 5.21. The number of sulfonamides is 1. The Hall–Kier alpha value is -2.08. The fraction of sp³-hybridized carbons (Fsp3) is 0.450. The quantitative estimate of drug-likeness (QED) is 0.412. The van der Waals surface area contributed by atoms with E-state index in [2.05, 4.69) is 19.9 Å². The number of nitrogens with zero attached hydrogens (tertiary/aromatic N) is 1. The molecule has 0 spiro atoms. The van der Waals surface area contributed by atoms with Crippen molar-refractivity contribution in [3.05, 3.63) is 53.8 Å². The van der Waals surface area contributed by atoms with Gasteiger partial charge >= 0.3 is 5.97 Å². The first kappa shape index (κ1) is 20.2. The van der Waals surface area contributed by atoms with Gasteiger partial charge in [0, 0.05) is 12.3 Å². The van der Waals surface area contributed by atoms with Crippen molar-refractivity contribution in [1.29, 1.82) is 0 Å². The molecule has 0 heterocycles. The van der Waals surface area contributed by atoms with Gasteiger partial charge in [0.05, 0.1) is 18.0 Å². The van der Waals surface area contributed by atoms with Gasteiger partial charge in [-0.25, -0.2) is 13.2 Å². The topological polar surface area (TPSA) is 63.7 Å². The fourth-order valence-electron chi connectivity index (χ4n) is 2.90. The Labute approximate surface area is 156 Å². The predicted molar refractivity (Wildman–Crippen MR) is 102 cm³/mol. The van der Waals surface area contributed by atoms with E-state index in [4.69, 9.17) is 4.74 Å². The molecule has 1 aliphatic rings. The Bertz CT molecular complexity index is 805. The third-order valence-corrected chi connectivity index (χ3v) is 6.07. The van der Waals surface area contributed by atoms with Crippen molar-refractivity contribution < 1.29 is 17.9 Å². The predicted octanol–water partition coefficient (Wildman–Crippen LogP) is 3.81. The van der Waals surface area contributed by atoms with Crippen molar-refractivity contribution >= 4 is 16.0 Å². The molecule has 0 bridgehead atoms. The minimum absolute atomic E-state index is 0.0689. The molecular weight excluding hydrogens is 350 g/mol. The molecule has 0 unspecified atom stereocenters. The molecule has 1 aromatic carbocycles. The van der Waals surface area contributed by atoms with E-state index in [1.165, 1.54) is 10.5 Å². The van der Waals surface area contributed by atoms with Crippen LogP contribution in [-0.2, 0) is 19.6 Å². The second-order valence-corrected chi connectivity index (χ2v) is 9.11. The molecule has 0 fully saturated rings. The van der Waals surface area contributed by atoms with Crippen LogP contribution in [0.2, 0.25) is 0 Å². The van der Waals surface area contributed by atoms with Crippen molar-refractivity contribution in [3.8, 4) is 0 Å². The number of hydrogen-bond donors (Lipinski definition) is 0. The van der Waals surface area contributed by atoms with Gasteiger partial charge in [-0.15, -0.1) is 0 Å². The Morgan fingerprint density at radius 1 is 1.27 bits per heavy atom. The van der Waals surface area contributed by atoms with E-state index >= 15 is 0 Å². The highest BCUT2D eigenvalue weighted by Gasteiger charge is 2.27. The summed E-state index contributed by atoms with van der Waals surface area (Å²) in [5, 5.41) is 0. The van der Waals surface area contributed by atoms with E-state index in [9.17, 15) is 13.2 Å². The summed E-state index contributed by atoms with van der Waals surface area (Å²) >= 11 is 0. The van der Waals surface area contributed by atoms with Crippen LogP contribution < -0.4 is 0 Å². The SMILES string of the molecule is CCOC(=O)/C=C/N(CC1=CC(C)(C)CC1)S(=O)(=O)c1ccc(C)cc1. The Morgan fingerprint density at radius 2 is 1.92 bits per heavy atom. The molecule has 0 saturated carbocycles. The van der Waals surface area contributed by atoms with Crippen molar-refractivity contribution in [2.75, 3.05) is 13.2 Å². The van der Waals surface area contributed by atoms with Crippen LogP contribution in [0.25, 0.3) is 0 Å². The monoisotopic (exact) mass is 377 g/mol. The van der Waals surface area contributed by atoms with Gasteiger partial charge in [-0.2, -0.15) is 0 Å². The van der Waals surface area contributed by atoms with Crippen molar-refractivity contribution in [2.24, 2.45) is 5.41 Å². The van der Waals surface area contributed by atoms with Gasteiger partial charge in [0.2, 0.25) is 0 Å². The van der Waals surface area contributed by atoms with Gasteiger partial charge in [0.15, 0.2) is 0 Å². The van der Waals surface area contributed by atoms with E-state index in [1.54, 1.807) is 31.2 Å². The minimum atomic E-state index is -3.76. The number of esters is 1. The zero-order chi connectivity index (χ0) is 19.4. The summed E-state index contributed by atoms with van der Waals surface area (Å²) in [5.41, 5.74) is 2.11. The highest BCUT2D eigenvalue weighted by molar-refractivity contribution is 7.89. The molecule has 142 valence electrons. The van der Waals surface area contributed by atoms with Crippen LogP contribution >= 0.6 is 0 Å². The molecule has 0 N–H and O–H groups in total. The summed E-state index contributed by atoms with van der Waals surface area (Å²) in [6.07, 6.45) is 6.43. The second kappa shape index (κ2) is 8.08. The summed E-state index contributed by atoms with van der Waals surface area (Å²) in [4.78, 5) is 11.9. The number of benzene rings is 1. The van der Waals surface area contributed by atoms with Gasteiger partial charge in [0.1, 0.15) is 0 Å². The zero-order valence-corrected chi connectivity index (χ0v) is 16.7. The molecule has 1 aliphatic carbocycles. The van der Waals surface area contributed by atoms with E-state index in [1.807, 2.05) is 6.92 Å². The summed E-state index contributed by atoms with van der Waals surface area (Å²) in [5.74, 6) is -0.558. The molecule has 0 saturated heterocycles. The lowest BCUT2D eigenvalue weighted by Crippen LogP contribution is -2.28. The summed E-state index contributed by atoms with van der Waals surface area (Å²) < 4.78 is 32.2. The van der Waals surface area contributed by atoms with E-state index < -0.39 is 16.0 Å². The molecule has 2 rings (SSSR count). The first-order valence-electron chi connectivity index (χ1n) is 8.78. The number of ether oxygens (including phenoxy) is 1. The van der Waals surface area contributed by atoms with E-state index in [-0.39, 0.29) is 23.5 Å². The van der Waals surface area contributed by atoms with Crippen molar-refractivity contribution in [1.82, 2.24) is 4.31 Å². The lowest BCUT2D eigenvalue weighted by Gasteiger charge is -2.21. The van der Waals surface area contributed by atoms with Crippen LogP contribution in [0, 0.1) is 12.3 Å². The molecule has 0 atom stereocenters. The Morgan fingerprint density at radius 3 is 2.46 bits per heavy atom. The number of rotatable bonds is 7. The van der Waals surface area contributed by atoms with Crippen LogP contribution in [0.5, 0.6) is 0 Å². The molecular formula is C20H27NO4S. The number of hydrogen-bond acceptors (Lipinski definition) is 4. The molecule has 0 aliphatic heterocycles. The molecule has 5 nitrogen and oxygen atoms in total. The fourth-order valence-corrected chi connectivity index (χ4v) is 4.21. The summed E-state index contributed by atoms with van der Waals surface area (Å²) in [6, 6.07) is 6.70. The average Bonchev–Trinajstić information content (AvgIpc) is 2.90. The maximum absolute atomic E-state index is 13.1. The summed E-state index contributed by atoms with van der Waals surface area (Å²) in [6.45, 7) is 8.35. The third-order valence-electron chi connectivity index (χ3n) is 4.34. The zero-order valence-electron chi connectivity index (χ0n) is 15.9. The normalized spacial score (nSPS) is 16.5. The van der Waals surface area contributed by atoms with E-state index in [0.717, 1.165) is 30.1 Å². The lowest BCUT2D eigenvalue weighted by atomic mass is 9.94. The number of carbonyl (C=O) groups is 1. The van der Waals surface area contributed by atoms with Gasteiger partial charge in [-0.05, 0) is 44.2 Å². The van der Waals surface area contributed by atoms with E-state index in [0.29, 0.717) is 0 Å². The molecule has 0 radical (unpaired) electrons. The number of aryl methyl sites for hydroxylation is 1. The van der Waals surface area contributed by atoms with Crippen molar-refractivity contribution in [2.45, 2.75) is 45.4 Å². The highest BCUT2D eigenvalue weighted by Crippen LogP contribution is 2.35. The average molecular weight is 378 g/mol. The molecule has 0 amide bonds. The Kier molecular flexibility index (Phi) is 6.29. The maximum Gasteiger partial charge on any atom is 0.332 e. The lowest BCUT2D eigenvalue weighted by molar-refractivity contribution is -0.137. The minimum Gasteiger partial charge on any atom is -0.463 e. The van der Waals surface area contributed by atoms with Gasteiger partial charge < -0.3 is 4.74 Å². The number of carbonyl (C=O) groups excluding carboxylic acids is 1. The molecule has 0 aromatic heterocycles. The van der Waals surface area contributed by atoms with Crippen LogP contribution in [0.15, 0.2) is 53.1 Å². The van der Waals surface area contributed by atoms with Crippen LogP contribution in [0.1, 0.15) is 39.2 Å². The van der Waals surface area contributed by atoms with Gasteiger partial charge in [-0.3, -0.25) is 4.31 Å². The van der Waals surface area contributed by atoms with Crippen LogP contribution in [0.4, 0.5) is 0 Å². The van der Waals surface area contributed by atoms with Gasteiger partial charge in [-0.1, -0.05) is 43.2 Å². The molecule has 26 heavy (non-hydrogen) atoms. The standard InChI is InChI=1S/C20H27NO4S/c1-5-25-19(22)11-13-21(15-17-10-12-20(3,4)14-17)26(23,24)18-8-6-16(2)7-9-18/h6-9,11,13-14H,5,10,12,15H2,1-4H3/b13-11+. The number of allylic oxidation sites excluding steroid dienone is 1. The molecule has 6 heteroatoms. The first-order chi connectivity index (χ1) is 12.1. The van der Waals surface area contributed by atoms with Crippen molar-refractivity contribution in [3.63, 3.8) is 0 Å².